The highest BCUT2D eigenvalue weighted by molar-refractivity contribution is 7.91. The topological polar surface area (TPSA) is 173 Å². The Kier molecular flexibility index (Phi) is 9.65. The summed E-state index contributed by atoms with van der Waals surface area (Å²) < 4.78 is 53.3. The van der Waals surface area contributed by atoms with Gasteiger partial charge in [0.15, 0.2) is 0 Å². The predicted molar refractivity (Wildman–Crippen MR) is 183 cm³/mol. The number of hydrogen-bond donors (Lipinski definition) is 3. The first-order valence-corrected chi connectivity index (χ1v) is 19.4. The van der Waals surface area contributed by atoms with E-state index in [0.29, 0.717) is 42.3 Å². The van der Waals surface area contributed by atoms with E-state index in [9.17, 15) is 32.0 Å². The summed E-state index contributed by atoms with van der Waals surface area (Å²) in [5.74, 6) is -2.84. The third-order valence-corrected chi connectivity index (χ3v) is 12.8. The van der Waals surface area contributed by atoms with Gasteiger partial charge in [-0.15, -0.1) is 0 Å². The van der Waals surface area contributed by atoms with Gasteiger partial charge in [0.25, 0.3) is 11.1 Å². The number of halogens is 1. The van der Waals surface area contributed by atoms with Gasteiger partial charge in [-0.25, -0.2) is 22.6 Å². The summed E-state index contributed by atoms with van der Waals surface area (Å²) in [6, 6.07) is 2.03. The second kappa shape index (κ2) is 13.4. The second-order valence-corrected chi connectivity index (χ2v) is 18.2. The Morgan fingerprint density at radius 3 is 2.64 bits per heavy atom. The molecule has 2 aromatic rings. The maximum absolute atomic E-state index is 14.3. The molecule has 2 saturated carbocycles. The normalized spacial score (nSPS) is 29.0. The number of alkyl carbamates (subject to hydrolysis) is 1. The maximum Gasteiger partial charge on any atom is 0.408 e. The van der Waals surface area contributed by atoms with Crippen LogP contribution in [0, 0.1) is 11.7 Å². The summed E-state index contributed by atoms with van der Waals surface area (Å²) in [5.41, 5.74) is -1.80. The monoisotopic (exact) mass is 733 g/mol. The van der Waals surface area contributed by atoms with Crippen LogP contribution in [0.2, 0.25) is 0 Å². The van der Waals surface area contributed by atoms with Gasteiger partial charge in [0.1, 0.15) is 35.1 Å². The first-order chi connectivity index (χ1) is 23.5. The largest absolute Gasteiger partial charge is 0.465 e. The molecule has 6 rings (SSSR count). The summed E-state index contributed by atoms with van der Waals surface area (Å²) in [7, 11) is -3.99. The first-order valence-electron chi connectivity index (χ1n) is 17.1. The smallest absolute Gasteiger partial charge is 0.408 e. The zero-order valence-electron chi connectivity index (χ0n) is 28.6. The lowest BCUT2D eigenvalue weighted by molar-refractivity contribution is -0.141. The van der Waals surface area contributed by atoms with E-state index in [4.69, 9.17) is 9.47 Å². The molecule has 50 heavy (non-hydrogen) atoms. The van der Waals surface area contributed by atoms with Gasteiger partial charge in [0, 0.05) is 12.3 Å². The van der Waals surface area contributed by atoms with E-state index in [2.05, 4.69) is 20.3 Å². The van der Waals surface area contributed by atoms with Crippen LogP contribution >= 0.6 is 11.3 Å². The standard InChI is InChI=1S/C34H44FN5O8S2/c1-32(2,3)48-30(44)36-24-11-9-7-5-6-8-10-20-18-34(20,29(43)39-50(45,46)33(4)14-15-33)38-27(41)25-17-22(19-40(25)28(24)42)47-31-37-23-13-12-21(35)16-26(23)49-31/h8,10,12-13,16,20,22,24-25H,5-7,9,11,14-15,17-19H2,1-4H3,(H,36,44)(H,38,41)(H,39,43)/b10-8-/t20-,22+,24-,25-,34+/m0/s1. The predicted octanol–water partition coefficient (Wildman–Crippen LogP) is 4.07. The minimum absolute atomic E-state index is 0.0234. The molecule has 0 radical (unpaired) electrons. The van der Waals surface area contributed by atoms with Crippen LogP contribution in [0.25, 0.3) is 10.2 Å². The van der Waals surface area contributed by atoms with Crippen LogP contribution in [0.15, 0.2) is 30.4 Å². The number of nitrogens with zero attached hydrogens (tertiary/aromatic N) is 2. The van der Waals surface area contributed by atoms with Gasteiger partial charge in [-0.05, 0) is 84.4 Å². The maximum atomic E-state index is 14.3. The number of benzene rings is 1. The van der Waals surface area contributed by atoms with Crippen LogP contribution in [0.5, 0.6) is 5.19 Å². The van der Waals surface area contributed by atoms with E-state index in [-0.39, 0.29) is 24.6 Å². The minimum atomic E-state index is -3.99. The third-order valence-electron chi connectivity index (χ3n) is 9.76. The quantitative estimate of drug-likeness (QED) is 0.370. The van der Waals surface area contributed by atoms with E-state index in [1.165, 1.54) is 23.1 Å². The van der Waals surface area contributed by atoms with E-state index < -0.39 is 79.6 Å². The summed E-state index contributed by atoms with van der Waals surface area (Å²) in [5, 5.41) is 5.78. The van der Waals surface area contributed by atoms with Crippen LogP contribution in [-0.2, 0) is 29.1 Å². The number of carbonyl (C=O) groups excluding carboxylic acids is 4. The Morgan fingerprint density at radius 2 is 1.92 bits per heavy atom. The number of hydrogen-bond acceptors (Lipinski definition) is 10. The molecule has 0 unspecified atom stereocenters. The zero-order chi connectivity index (χ0) is 36.1. The molecule has 3 heterocycles. The molecular weight excluding hydrogens is 690 g/mol. The average molecular weight is 734 g/mol. The number of ether oxygens (including phenoxy) is 2. The summed E-state index contributed by atoms with van der Waals surface area (Å²) in [6.45, 7) is 6.68. The minimum Gasteiger partial charge on any atom is -0.465 e. The van der Waals surface area contributed by atoms with Gasteiger partial charge >= 0.3 is 6.09 Å². The lowest BCUT2D eigenvalue weighted by Gasteiger charge is -2.30. The van der Waals surface area contributed by atoms with Gasteiger partial charge in [-0.2, -0.15) is 0 Å². The van der Waals surface area contributed by atoms with Crippen molar-refractivity contribution >= 4 is 55.4 Å². The van der Waals surface area contributed by atoms with Crippen molar-refractivity contribution in [1.29, 1.82) is 0 Å². The van der Waals surface area contributed by atoms with Crippen LogP contribution in [0.3, 0.4) is 0 Å². The van der Waals surface area contributed by atoms with Crippen LogP contribution in [0.4, 0.5) is 9.18 Å². The van der Waals surface area contributed by atoms with Crippen molar-refractivity contribution in [2.75, 3.05) is 6.54 Å². The van der Waals surface area contributed by atoms with Crippen molar-refractivity contribution in [3.63, 3.8) is 0 Å². The molecule has 1 aromatic heterocycles. The molecule has 1 aromatic carbocycles. The van der Waals surface area contributed by atoms with Gasteiger partial charge in [-0.1, -0.05) is 36.3 Å². The molecule has 4 amide bonds. The Morgan fingerprint density at radius 1 is 1.16 bits per heavy atom. The molecule has 1 saturated heterocycles. The molecule has 16 heteroatoms. The number of allylic oxidation sites excluding steroid dienone is 1. The lowest BCUT2D eigenvalue weighted by atomic mass is 10.0. The number of nitrogens with one attached hydrogen (secondary N) is 3. The number of rotatable bonds is 6. The van der Waals surface area contributed by atoms with Gasteiger partial charge in [0.05, 0.1) is 21.5 Å². The van der Waals surface area contributed by atoms with Gasteiger partial charge in [-0.3, -0.25) is 19.1 Å². The van der Waals surface area contributed by atoms with Gasteiger partial charge < -0.3 is 25.0 Å². The van der Waals surface area contributed by atoms with Crippen molar-refractivity contribution in [2.45, 2.75) is 120 Å². The number of carbonyl (C=O) groups is 4. The molecule has 0 spiro atoms. The summed E-state index contributed by atoms with van der Waals surface area (Å²) >= 11 is 1.13. The molecule has 13 nitrogen and oxygen atoms in total. The lowest BCUT2D eigenvalue weighted by Crippen LogP contribution is -2.58. The molecule has 5 atom stereocenters. The van der Waals surface area contributed by atoms with Crippen molar-refractivity contribution in [1.82, 2.24) is 25.2 Å². The Bertz CT molecular complexity index is 1820. The zero-order valence-corrected chi connectivity index (χ0v) is 30.3. The Hall–Kier alpha value is -3.79. The summed E-state index contributed by atoms with van der Waals surface area (Å²) in [4.78, 5) is 60.9. The SMILES string of the molecule is CC(C)(C)OC(=O)N[C@H]1CCCCC/C=C\[C@H]2C[C@@]2(C(=O)NS(=O)(=O)C2(C)CC2)NC(=O)[C@@H]2C[C@@H](Oc3nc4ccc(F)cc4s3)CN2C1=O. The molecule has 4 aliphatic rings. The Balaban J connectivity index is 1.29. The van der Waals surface area contributed by atoms with E-state index in [1.807, 2.05) is 12.2 Å². The van der Waals surface area contributed by atoms with Crippen molar-refractivity contribution in [2.24, 2.45) is 5.92 Å². The fraction of sp³-hybridized carbons (Fsp3) is 0.618. The molecule has 2 aliphatic carbocycles. The molecule has 3 fully saturated rings. The Labute approximate surface area is 294 Å². The third kappa shape index (κ3) is 7.75. The summed E-state index contributed by atoms with van der Waals surface area (Å²) in [6.07, 6.45) is 6.50. The van der Waals surface area contributed by atoms with Crippen molar-refractivity contribution in [3.8, 4) is 5.19 Å². The van der Waals surface area contributed by atoms with Crippen LogP contribution in [-0.4, -0.2) is 82.7 Å². The van der Waals surface area contributed by atoms with Crippen LogP contribution in [0.1, 0.15) is 85.5 Å². The molecule has 0 bridgehead atoms. The number of thiazole rings is 1. The number of aromatic nitrogens is 1. The number of fused-ring (bicyclic) bond motifs is 3. The van der Waals surface area contributed by atoms with Crippen molar-refractivity contribution in [3.05, 3.63) is 36.2 Å². The molecule has 3 N–H and O–H groups in total. The molecule has 2 aliphatic heterocycles. The van der Waals surface area contributed by atoms with Crippen molar-refractivity contribution < 1.29 is 41.5 Å². The number of amides is 4. The average Bonchev–Trinajstić information content (AvgIpc) is 3.83. The molecule has 272 valence electrons. The van der Waals surface area contributed by atoms with E-state index in [0.717, 1.165) is 24.2 Å². The highest BCUT2D eigenvalue weighted by Gasteiger charge is 2.63. The van der Waals surface area contributed by atoms with Crippen LogP contribution < -0.4 is 20.1 Å². The second-order valence-electron chi connectivity index (χ2n) is 15.0. The molecular formula is C34H44FN5O8S2. The first kappa shape index (κ1) is 36.0. The number of sulfonamides is 1. The van der Waals surface area contributed by atoms with Gasteiger partial charge in [0.2, 0.25) is 21.8 Å². The van der Waals surface area contributed by atoms with E-state index >= 15 is 0 Å². The highest BCUT2D eigenvalue weighted by atomic mass is 32.2. The van der Waals surface area contributed by atoms with E-state index in [1.54, 1.807) is 27.7 Å². The highest BCUT2D eigenvalue weighted by Crippen LogP contribution is 2.47. The fourth-order valence-electron chi connectivity index (χ4n) is 6.47. The fourth-order valence-corrected chi connectivity index (χ4v) is 8.68.